The minimum absolute atomic E-state index is 0.181. The van der Waals surface area contributed by atoms with E-state index in [1.54, 1.807) is 24.3 Å². The predicted octanol–water partition coefficient (Wildman–Crippen LogP) is 1.68. The SMILES string of the molecule is CCOc1cccc(C(=O)NCC2(C(=O)O)CC2)c1. The van der Waals surface area contributed by atoms with Gasteiger partial charge < -0.3 is 15.2 Å². The van der Waals surface area contributed by atoms with Crippen LogP contribution in [-0.2, 0) is 4.79 Å². The lowest BCUT2D eigenvalue weighted by molar-refractivity contribution is -0.143. The molecule has 5 nitrogen and oxygen atoms in total. The Kier molecular flexibility index (Phi) is 3.74. The number of carboxylic acids is 1. The molecular weight excluding hydrogens is 246 g/mol. The molecule has 0 bridgehead atoms. The Balaban J connectivity index is 1.96. The van der Waals surface area contributed by atoms with Gasteiger partial charge in [0.15, 0.2) is 0 Å². The van der Waals surface area contributed by atoms with Crippen LogP contribution in [0.2, 0.25) is 0 Å². The molecule has 1 aliphatic carbocycles. The second-order valence-corrected chi connectivity index (χ2v) is 4.73. The molecule has 2 rings (SSSR count). The Morgan fingerprint density at radius 3 is 2.74 bits per heavy atom. The average Bonchev–Trinajstić information content (AvgIpc) is 3.18. The van der Waals surface area contributed by atoms with E-state index in [1.807, 2.05) is 6.92 Å². The highest BCUT2D eigenvalue weighted by molar-refractivity contribution is 5.95. The largest absolute Gasteiger partial charge is 0.494 e. The Morgan fingerprint density at radius 1 is 1.42 bits per heavy atom. The van der Waals surface area contributed by atoms with Crippen LogP contribution in [0.15, 0.2) is 24.3 Å². The van der Waals surface area contributed by atoms with Gasteiger partial charge in [-0.25, -0.2) is 0 Å². The summed E-state index contributed by atoms with van der Waals surface area (Å²) in [4.78, 5) is 22.9. The van der Waals surface area contributed by atoms with Crippen LogP contribution in [0.5, 0.6) is 5.75 Å². The topological polar surface area (TPSA) is 75.6 Å². The summed E-state index contributed by atoms with van der Waals surface area (Å²) in [5.41, 5.74) is -0.264. The van der Waals surface area contributed by atoms with Crippen molar-refractivity contribution in [2.75, 3.05) is 13.2 Å². The molecule has 1 aliphatic rings. The van der Waals surface area contributed by atoms with Gasteiger partial charge in [-0.3, -0.25) is 9.59 Å². The molecule has 1 fully saturated rings. The summed E-state index contributed by atoms with van der Waals surface area (Å²) in [5, 5.41) is 11.7. The van der Waals surface area contributed by atoms with Crippen LogP contribution in [0, 0.1) is 5.41 Å². The van der Waals surface area contributed by atoms with Crippen LogP contribution in [0.25, 0.3) is 0 Å². The molecule has 1 saturated carbocycles. The molecule has 0 heterocycles. The number of benzene rings is 1. The van der Waals surface area contributed by atoms with Gasteiger partial charge in [-0.1, -0.05) is 6.07 Å². The monoisotopic (exact) mass is 263 g/mol. The fourth-order valence-corrected chi connectivity index (χ4v) is 1.86. The second kappa shape index (κ2) is 5.30. The Morgan fingerprint density at radius 2 is 2.16 bits per heavy atom. The van der Waals surface area contributed by atoms with E-state index in [-0.39, 0.29) is 12.5 Å². The Bertz CT molecular complexity index is 494. The van der Waals surface area contributed by atoms with E-state index in [0.29, 0.717) is 30.8 Å². The maximum atomic E-state index is 11.9. The zero-order valence-electron chi connectivity index (χ0n) is 10.8. The fourth-order valence-electron chi connectivity index (χ4n) is 1.86. The summed E-state index contributed by atoms with van der Waals surface area (Å²) < 4.78 is 5.32. The summed E-state index contributed by atoms with van der Waals surface area (Å²) >= 11 is 0. The van der Waals surface area contributed by atoms with Crippen molar-refractivity contribution in [3.8, 4) is 5.75 Å². The summed E-state index contributed by atoms with van der Waals surface area (Å²) in [5.74, 6) is -0.473. The van der Waals surface area contributed by atoms with Gasteiger partial charge in [0.2, 0.25) is 0 Å². The van der Waals surface area contributed by atoms with Crippen LogP contribution in [0.3, 0.4) is 0 Å². The van der Waals surface area contributed by atoms with Gasteiger partial charge in [-0.2, -0.15) is 0 Å². The van der Waals surface area contributed by atoms with Crippen LogP contribution in [-0.4, -0.2) is 30.1 Å². The average molecular weight is 263 g/mol. The van der Waals surface area contributed by atoms with Gasteiger partial charge in [-0.05, 0) is 38.0 Å². The molecule has 0 aromatic heterocycles. The molecule has 1 aromatic carbocycles. The first kappa shape index (κ1) is 13.4. The van der Waals surface area contributed by atoms with E-state index >= 15 is 0 Å². The smallest absolute Gasteiger partial charge is 0.311 e. The van der Waals surface area contributed by atoms with Crippen LogP contribution in [0.1, 0.15) is 30.1 Å². The highest BCUT2D eigenvalue weighted by Gasteiger charge is 2.50. The van der Waals surface area contributed by atoms with Gasteiger partial charge in [0, 0.05) is 12.1 Å². The molecule has 0 aliphatic heterocycles. The molecule has 0 atom stereocenters. The number of aliphatic carboxylic acids is 1. The number of nitrogens with one attached hydrogen (secondary N) is 1. The lowest BCUT2D eigenvalue weighted by Crippen LogP contribution is -2.34. The fraction of sp³-hybridized carbons (Fsp3) is 0.429. The highest BCUT2D eigenvalue weighted by atomic mass is 16.5. The first-order valence-corrected chi connectivity index (χ1v) is 6.32. The van der Waals surface area contributed by atoms with Crippen molar-refractivity contribution < 1.29 is 19.4 Å². The van der Waals surface area contributed by atoms with Crippen molar-refractivity contribution >= 4 is 11.9 Å². The number of hydrogen-bond acceptors (Lipinski definition) is 3. The number of carbonyl (C=O) groups excluding carboxylic acids is 1. The third kappa shape index (κ3) is 3.05. The molecule has 0 saturated heterocycles. The van der Waals surface area contributed by atoms with Gasteiger partial charge in [-0.15, -0.1) is 0 Å². The van der Waals surface area contributed by atoms with E-state index in [0.717, 1.165) is 0 Å². The molecule has 0 unspecified atom stereocenters. The normalized spacial score (nSPS) is 15.6. The van der Waals surface area contributed by atoms with Gasteiger partial charge >= 0.3 is 5.97 Å². The first-order valence-electron chi connectivity index (χ1n) is 6.32. The minimum atomic E-state index is -0.837. The summed E-state index contributed by atoms with van der Waals surface area (Å²) in [7, 11) is 0. The van der Waals surface area contributed by atoms with Crippen molar-refractivity contribution in [3.05, 3.63) is 29.8 Å². The lowest BCUT2D eigenvalue weighted by Gasteiger charge is -2.11. The molecular formula is C14H17NO4. The van der Waals surface area contributed by atoms with Crippen molar-refractivity contribution in [2.24, 2.45) is 5.41 Å². The lowest BCUT2D eigenvalue weighted by atomic mass is 10.1. The molecule has 1 aromatic rings. The first-order chi connectivity index (χ1) is 9.07. The van der Waals surface area contributed by atoms with Crippen molar-refractivity contribution in [1.29, 1.82) is 0 Å². The maximum Gasteiger partial charge on any atom is 0.311 e. The zero-order valence-corrected chi connectivity index (χ0v) is 10.8. The van der Waals surface area contributed by atoms with Crippen molar-refractivity contribution in [1.82, 2.24) is 5.32 Å². The number of carbonyl (C=O) groups is 2. The number of rotatable bonds is 6. The van der Waals surface area contributed by atoms with E-state index in [1.165, 1.54) is 0 Å². The van der Waals surface area contributed by atoms with Crippen LogP contribution < -0.4 is 10.1 Å². The van der Waals surface area contributed by atoms with Gasteiger partial charge in [0.1, 0.15) is 5.75 Å². The quantitative estimate of drug-likeness (QED) is 0.818. The van der Waals surface area contributed by atoms with E-state index in [9.17, 15) is 9.59 Å². The van der Waals surface area contributed by atoms with Crippen molar-refractivity contribution in [3.63, 3.8) is 0 Å². The number of ether oxygens (including phenoxy) is 1. The Labute approximate surface area is 111 Å². The third-order valence-corrected chi connectivity index (χ3v) is 3.30. The molecule has 0 spiro atoms. The predicted molar refractivity (Wildman–Crippen MR) is 69.2 cm³/mol. The molecule has 1 amide bonds. The molecule has 0 radical (unpaired) electrons. The van der Waals surface area contributed by atoms with Crippen LogP contribution >= 0.6 is 0 Å². The van der Waals surface area contributed by atoms with E-state index in [2.05, 4.69) is 5.32 Å². The highest BCUT2D eigenvalue weighted by Crippen LogP contribution is 2.45. The number of amides is 1. The molecule has 5 heteroatoms. The van der Waals surface area contributed by atoms with Gasteiger partial charge in [0.25, 0.3) is 5.91 Å². The molecule has 19 heavy (non-hydrogen) atoms. The minimum Gasteiger partial charge on any atom is -0.494 e. The zero-order chi connectivity index (χ0) is 13.9. The van der Waals surface area contributed by atoms with E-state index < -0.39 is 11.4 Å². The molecule has 2 N–H and O–H groups in total. The maximum absolute atomic E-state index is 11.9. The Hall–Kier alpha value is -2.04. The summed E-state index contributed by atoms with van der Waals surface area (Å²) in [6.07, 6.45) is 1.25. The second-order valence-electron chi connectivity index (χ2n) is 4.73. The standard InChI is InChI=1S/C14H17NO4/c1-2-19-11-5-3-4-10(8-11)12(16)15-9-14(6-7-14)13(17)18/h3-5,8H,2,6-7,9H2,1H3,(H,15,16)(H,17,18). The summed E-state index contributed by atoms with van der Waals surface area (Å²) in [6, 6.07) is 6.85. The number of carboxylic acid groups (broad SMARTS) is 1. The number of hydrogen-bond donors (Lipinski definition) is 2. The van der Waals surface area contributed by atoms with Crippen molar-refractivity contribution in [2.45, 2.75) is 19.8 Å². The van der Waals surface area contributed by atoms with Crippen LogP contribution in [0.4, 0.5) is 0 Å². The molecule has 102 valence electrons. The van der Waals surface area contributed by atoms with E-state index in [4.69, 9.17) is 9.84 Å². The van der Waals surface area contributed by atoms with Gasteiger partial charge in [0.05, 0.1) is 12.0 Å². The summed E-state index contributed by atoms with van der Waals surface area (Å²) in [6.45, 7) is 2.59. The third-order valence-electron chi connectivity index (χ3n) is 3.30.